The molecule has 0 radical (unpaired) electrons. The molecule has 5 nitrogen and oxygen atoms in total. The summed E-state index contributed by atoms with van der Waals surface area (Å²) in [6.07, 6.45) is 0. The zero-order valence-electron chi connectivity index (χ0n) is 12.1. The maximum absolute atomic E-state index is 13.7. The molecular weight excluding hydrogens is 266 g/mol. The average molecular weight is 286 g/mol. The van der Waals surface area contributed by atoms with Crippen molar-refractivity contribution in [3.8, 4) is 0 Å². The van der Waals surface area contributed by atoms with E-state index in [2.05, 4.69) is 15.6 Å². The van der Waals surface area contributed by atoms with Crippen LogP contribution in [0.15, 0.2) is 6.07 Å². The Morgan fingerprint density at radius 1 is 1.35 bits per heavy atom. The largest absolute Gasteiger partial charge is 0.368 e. The lowest BCUT2D eigenvalue weighted by atomic mass is 10.3. The molecule has 0 fully saturated rings. The number of hydrogen-bond donors (Lipinski definition) is 2. The van der Waals surface area contributed by atoms with Crippen LogP contribution in [0, 0.1) is 11.6 Å². The van der Waals surface area contributed by atoms with Crippen LogP contribution in [0.1, 0.15) is 20.8 Å². The number of aromatic nitrogens is 1. The van der Waals surface area contributed by atoms with Crippen LogP contribution >= 0.6 is 0 Å². The molecule has 2 N–H and O–H groups in total. The first-order valence-electron chi connectivity index (χ1n) is 6.52. The Morgan fingerprint density at radius 2 is 1.95 bits per heavy atom. The monoisotopic (exact) mass is 286 g/mol. The zero-order chi connectivity index (χ0) is 15.3. The molecule has 0 aliphatic rings. The summed E-state index contributed by atoms with van der Waals surface area (Å²) in [7, 11) is 1.65. The molecule has 0 bridgehead atoms. The Bertz CT molecular complexity index is 482. The minimum atomic E-state index is -0.831. The highest BCUT2D eigenvalue weighted by Gasteiger charge is 2.19. The fourth-order valence-corrected chi connectivity index (χ4v) is 1.61. The fraction of sp³-hybridized carbons (Fsp3) is 0.538. The number of carbonyl (C=O) groups is 1. The van der Waals surface area contributed by atoms with E-state index in [1.165, 1.54) is 4.90 Å². The van der Waals surface area contributed by atoms with E-state index in [-0.39, 0.29) is 17.5 Å². The van der Waals surface area contributed by atoms with Gasteiger partial charge < -0.3 is 15.5 Å². The normalized spacial score (nSPS) is 11.9. The summed E-state index contributed by atoms with van der Waals surface area (Å²) in [6.45, 7) is 6.23. The van der Waals surface area contributed by atoms with Gasteiger partial charge in [0.15, 0.2) is 23.3 Å². The molecule has 1 atom stereocenters. The van der Waals surface area contributed by atoms with Crippen LogP contribution in [0.5, 0.6) is 0 Å². The molecule has 1 heterocycles. The lowest BCUT2D eigenvalue weighted by Crippen LogP contribution is -2.39. The summed E-state index contributed by atoms with van der Waals surface area (Å²) in [5, 5.41) is 5.36. The van der Waals surface area contributed by atoms with E-state index in [0.717, 1.165) is 6.07 Å². The van der Waals surface area contributed by atoms with Crippen molar-refractivity contribution in [1.82, 2.24) is 9.88 Å². The van der Waals surface area contributed by atoms with Crippen LogP contribution in [0.4, 0.5) is 20.4 Å². The van der Waals surface area contributed by atoms with E-state index < -0.39 is 17.7 Å². The number of nitrogens with zero attached hydrogens (tertiary/aromatic N) is 2. The Balaban J connectivity index is 2.91. The molecule has 1 aromatic heterocycles. The number of nitrogens with one attached hydrogen (secondary N) is 2. The van der Waals surface area contributed by atoms with E-state index in [9.17, 15) is 13.6 Å². The second kappa shape index (κ2) is 7.02. The third-order valence-electron chi connectivity index (χ3n) is 2.85. The average Bonchev–Trinajstić information content (AvgIpc) is 2.42. The molecule has 1 amide bonds. The van der Waals surface area contributed by atoms with E-state index in [1.807, 2.05) is 6.92 Å². The minimum Gasteiger partial charge on any atom is -0.368 e. The SMILES string of the molecule is CCNc1nc(NC(C)C(=O)N(C)CC)c(F)cc1F. The molecule has 1 unspecified atom stereocenters. The molecule has 0 saturated heterocycles. The Labute approximate surface area is 117 Å². The molecule has 20 heavy (non-hydrogen) atoms. The number of halogens is 2. The number of amides is 1. The van der Waals surface area contributed by atoms with Crippen molar-refractivity contribution in [2.75, 3.05) is 30.8 Å². The van der Waals surface area contributed by atoms with Gasteiger partial charge in [0.1, 0.15) is 6.04 Å². The van der Waals surface area contributed by atoms with E-state index >= 15 is 0 Å². The fourth-order valence-electron chi connectivity index (χ4n) is 1.61. The zero-order valence-corrected chi connectivity index (χ0v) is 12.1. The van der Waals surface area contributed by atoms with Gasteiger partial charge in [-0.1, -0.05) is 0 Å². The Kier molecular flexibility index (Phi) is 5.66. The first kappa shape index (κ1) is 16.1. The second-order valence-corrected chi connectivity index (χ2v) is 4.40. The number of rotatable bonds is 6. The highest BCUT2D eigenvalue weighted by Crippen LogP contribution is 2.19. The van der Waals surface area contributed by atoms with Crippen molar-refractivity contribution in [2.24, 2.45) is 0 Å². The van der Waals surface area contributed by atoms with Crippen molar-refractivity contribution in [3.05, 3.63) is 17.7 Å². The van der Waals surface area contributed by atoms with Crippen LogP contribution in [0.25, 0.3) is 0 Å². The maximum atomic E-state index is 13.7. The first-order chi connectivity index (χ1) is 9.40. The third kappa shape index (κ3) is 3.79. The van der Waals surface area contributed by atoms with Crippen molar-refractivity contribution < 1.29 is 13.6 Å². The highest BCUT2D eigenvalue weighted by atomic mass is 19.1. The number of likely N-dealkylation sites (N-methyl/N-ethyl adjacent to an activating group) is 1. The summed E-state index contributed by atoms with van der Waals surface area (Å²) in [5.74, 6) is -1.97. The van der Waals surface area contributed by atoms with Gasteiger partial charge in [-0.3, -0.25) is 4.79 Å². The predicted octanol–water partition coefficient (Wildman–Crippen LogP) is 2.07. The first-order valence-corrected chi connectivity index (χ1v) is 6.52. The van der Waals surface area contributed by atoms with E-state index in [0.29, 0.717) is 13.1 Å². The van der Waals surface area contributed by atoms with E-state index in [1.54, 1.807) is 20.9 Å². The summed E-state index contributed by atoms with van der Waals surface area (Å²) < 4.78 is 27.1. The number of pyridine rings is 1. The molecule has 0 aliphatic carbocycles. The Morgan fingerprint density at radius 3 is 2.50 bits per heavy atom. The molecule has 0 saturated carbocycles. The van der Waals surface area contributed by atoms with E-state index in [4.69, 9.17) is 0 Å². The lowest BCUT2D eigenvalue weighted by Gasteiger charge is -2.21. The van der Waals surface area contributed by atoms with Crippen molar-refractivity contribution in [2.45, 2.75) is 26.8 Å². The second-order valence-electron chi connectivity index (χ2n) is 4.40. The van der Waals surface area contributed by atoms with Gasteiger partial charge in [0, 0.05) is 26.2 Å². The quantitative estimate of drug-likeness (QED) is 0.840. The van der Waals surface area contributed by atoms with Crippen molar-refractivity contribution in [1.29, 1.82) is 0 Å². The van der Waals surface area contributed by atoms with Crippen LogP contribution in [-0.4, -0.2) is 42.0 Å². The number of carbonyl (C=O) groups excluding carboxylic acids is 1. The summed E-state index contributed by atoms with van der Waals surface area (Å²) >= 11 is 0. The molecule has 0 aromatic carbocycles. The summed E-state index contributed by atoms with van der Waals surface area (Å²) in [6, 6.07) is 0.0931. The van der Waals surface area contributed by atoms with Crippen LogP contribution in [0.3, 0.4) is 0 Å². The van der Waals surface area contributed by atoms with Crippen LogP contribution in [-0.2, 0) is 4.79 Å². The summed E-state index contributed by atoms with van der Waals surface area (Å²) in [4.78, 5) is 17.2. The van der Waals surface area contributed by atoms with Gasteiger partial charge in [0.05, 0.1) is 0 Å². The third-order valence-corrected chi connectivity index (χ3v) is 2.85. The van der Waals surface area contributed by atoms with Gasteiger partial charge >= 0.3 is 0 Å². The van der Waals surface area contributed by atoms with Gasteiger partial charge in [-0.05, 0) is 20.8 Å². The molecule has 112 valence electrons. The number of anilines is 2. The summed E-state index contributed by atoms with van der Waals surface area (Å²) in [5.41, 5.74) is 0. The van der Waals surface area contributed by atoms with Gasteiger partial charge in [-0.25, -0.2) is 13.8 Å². The molecular formula is C13H20F2N4O. The molecule has 1 rings (SSSR count). The topological polar surface area (TPSA) is 57.3 Å². The van der Waals surface area contributed by atoms with Gasteiger partial charge in [0.2, 0.25) is 5.91 Å². The van der Waals surface area contributed by atoms with Gasteiger partial charge in [0.25, 0.3) is 0 Å². The van der Waals surface area contributed by atoms with Gasteiger partial charge in [-0.15, -0.1) is 0 Å². The van der Waals surface area contributed by atoms with Gasteiger partial charge in [-0.2, -0.15) is 0 Å². The molecule has 7 heteroatoms. The molecule has 0 aliphatic heterocycles. The van der Waals surface area contributed by atoms with Crippen LogP contribution < -0.4 is 10.6 Å². The smallest absolute Gasteiger partial charge is 0.244 e. The lowest BCUT2D eigenvalue weighted by molar-refractivity contribution is -0.130. The number of hydrogen-bond acceptors (Lipinski definition) is 4. The Hall–Kier alpha value is -1.92. The van der Waals surface area contributed by atoms with Crippen molar-refractivity contribution >= 4 is 17.5 Å². The highest BCUT2D eigenvalue weighted by molar-refractivity contribution is 5.83. The minimum absolute atomic E-state index is 0.0418. The standard InChI is InChI=1S/C13H20F2N4O/c1-5-16-11-9(14)7-10(15)12(18-11)17-8(3)13(20)19(4)6-2/h7-8H,5-6H2,1-4H3,(H2,16,17,18). The van der Waals surface area contributed by atoms with Crippen LogP contribution in [0.2, 0.25) is 0 Å². The molecule has 0 spiro atoms. The maximum Gasteiger partial charge on any atom is 0.244 e. The van der Waals surface area contributed by atoms with Crippen molar-refractivity contribution in [3.63, 3.8) is 0 Å². The predicted molar refractivity (Wildman–Crippen MR) is 74.7 cm³/mol. The molecule has 1 aromatic rings.